The first-order valence-electron chi connectivity index (χ1n) is 8.25. The van der Waals surface area contributed by atoms with Gasteiger partial charge in [0.2, 0.25) is 0 Å². The van der Waals surface area contributed by atoms with Crippen LogP contribution >= 0.6 is 8.03 Å². The maximum Gasteiger partial charge on any atom is 0.348 e. The smallest absolute Gasteiger partial charge is 0.348 e. The molecule has 2 aromatic carbocycles. The van der Waals surface area contributed by atoms with Crippen LogP contribution in [0.4, 0.5) is 14.5 Å². The third-order valence-corrected chi connectivity index (χ3v) is 4.26. The third-order valence-electron chi connectivity index (χ3n) is 3.56. The number of carbonyl (C=O) groups is 1. The van der Waals surface area contributed by atoms with Gasteiger partial charge in [0.1, 0.15) is 11.6 Å². The van der Waals surface area contributed by atoms with E-state index in [1.807, 2.05) is 0 Å². The topological polar surface area (TPSA) is 101 Å². The summed E-state index contributed by atoms with van der Waals surface area (Å²) >= 11 is 0. The second-order valence-electron chi connectivity index (χ2n) is 5.87. The van der Waals surface area contributed by atoms with Crippen LogP contribution in [0.3, 0.4) is 0 Å². The van der Waals surface area contributed by atoms with E-state index in [0.29, 0.717) is 6.07 Å². The Hall–Kier alpha value is -2.25. The summed E-state index contributed by atoms with van der Waals surface area (Å²) in [6, 6.07) is 8.65. The highest BCUT2D eigenvalue weighted by Crippen LogP contribution is 2.17. The highest BCUT2D eigenvalue weighted by Gasteiger charge is 2.19. The second-order valence-corrected chi connectivity index (χ2v) is 6.90. The Morgan fingerprint density at radius 3 is 2.41 bits per heavy atom. The number of nitrogens with one attached hydrogen (secondary N) is 2. The van der Waals surface area contributed by atoms with Crippen LogP contribution < -0.4 is 20.8 Å². The van der Waals surface area contributed by atoms with Crippen LogP contribution in [0.5, 0.6) is 0 Å². The molecule has 3 rings (SSSR count). The summed E-state index contributed by atoms with van der Waals surface area (Å²) in [6.45, 7) is 1.04. The minimum Gasteiger partial charge on any atom is -0.591 e. The first-order valence-corrected chi connectivity index (χ1v) is 9.43. The van der Waals surface area contributed by atoms with E-state index in [0.717, 1.165) is 24.7 Å². The number of halogens is 2. The fraction of sp³-hybridized carbons (Fsp3) is 0.278. The first kappa shape index (κ1) is 21.1. The molecular weight excluding hydrogens is 377 g/mol. The first-order chi connectivity index (χ1) is 12.9. The van der Waals surface area contributed by atoms with Crippen molar-refractivity contribution < 1.29 is 28.1 Å². The van der Waals surface area contributed by atoms with Crippen LogP contribution in [-0.2, 0) is 4.57 Å². The van der Waals surface area contributed by atoms with Crippen molar-refractivity contribution in [2.45, 2.75) is 18.9 Å². The molecule has 2 aromatic rings. The summed E-state index contributed by atoms with van der Waals surface area (Å²) < 4.78 is 36.8. The van der Waals surface area contributed by atoms with Crippen LogP contribution in [-0.4, -0.2) is 30.2 Å². The number of aliphatic hydroxyl groups excluding tert-OH is 1. The minimum absolute atomic E-state index is 0.0157. The molecule has 27 heavy (non-hydrogen) atoms. The molecule has 6 nitrogen and oxygen atoms in total. The molecule has 1 aliphatic rings. The van der Waals surface area contributed by atoms with Crippen LogP contribution in [0, 0.1) is 11.6 Å². The Balaban J connectivity index is 0.000000313. The van der Waals surface area contributed by atoms with E-state index in [4.69, 9.17) is 5.11 Å². The van der Waals surface area contributed by atoms with Crippen molar-refractivity contribution in [3.63, 3.8) is 0 Å². The molecule has 0 aliphatic heterocycles. The van der Waals surface area contributed by atoms with Crippen molar-refractivity contribution >= 4 is 24.9 Å². The highest BCUT2D eigenvalue weighted by molar-refractivity contribution is 7.45. The summed E-state index contributed by atoms with van der Waals surface area (Å²) in [6.07, 6.45) is 2.61. The van der Waals surface area contributed by atoms with Crippen molar-refractivity contribution in [2.75, 3.05) is 18.5 Å². The number of aliphatic hydroxyl groups is 1. The summed E-state index contributed by atoms with van der Waals surface area (Å²) in [7, 11) is -2.81. The lowest BCUT2D eigenvalue weighted by atomic mass is 10.2. The fourth-order valence-electron chi connectivity index (χ4n) is 2.15. The van der Waals surface area contributed by atoms with Gasteiger partial charge in [0.25, 0.3) is 5.91 Å². The zero-order chi connectivity index (χ0) is 19.8. The number of carbonyl (C=O) groups excluding carboxylic acids is 1. The van der Waals surface area contributed by atoms with Crippen LogP contribution in [0.25, 0.3) is 0 Å². The van der Waals surface area contributed by atoms with Gasteiger partial charge in [-0.25, -0.2) is 8.78 Å². The average Bonchev–Trinajstić information content (AvgIpc) is 3.44. The number of anilines is 1. The van der Waals surface area contributed by atoms with Crippen molar-refractivity contribution in [2.24, 2.45) is 0 Å². The predicted octanol–water partition coefficient (Wildman–Crippen LogP) is 1.68. The molecule has 3 N–H and O–H groups in total. The quantitative estimate of drug-likeness (QED) is 0.645. The summed E-state index contributed by atoms with van der Waals surface area (Å²) in [5, 5.41) is 13.7. The molecule has 1 saturated carbocycles. The maximum atomic E-state index is 13.0. The molecule has 0 aromatic heterocycles. The summed E-state index contributed by atoms with van der Waals surface area (Å²) in [4.78, 5) is 22.7. The lowest BCUT2D eigenvalue weighted by Gasteiger charge is -2.05. The molecule has 1 unspecified atom stereocenters. The normalized spacial score (nSPS) is 13.4. The van der Waals surface area contributed by atoms with E-state index < -0.39 is 25.6 Å². The van der Waals surface area contributed by atoms with E-state index in [1.54, 1.807) is 0 Å². The standard InChI is InChI=1S/C13H8F2NO3P.C5H11NO/c14-9-5-10(15)7-11(6-9)16-13(17)8-2-1-3-12(4-8)20(18)19;7-4-3-6-5-1-2-5/h1-7H,(H,16,17);5-7H,1-4H2. The number of hydrogen-bond donors (Lipinski definition) is 3. The van der Waals surface area contributed by atoms with Gasteiger partial charge in [-0.05, 0) is 37.1 Å². The highest BCUT2D eigenvalue weighted by atomic mass is 31.1. The zero-order valence-corrected chi connectivity index (χ0v) is 15.2. The van der Waals surface area contributed by atoms with E-state index in [1.165, 1.54) is 37.1 Å². The Morgan fingerprint density at radius 2 is 1.85 bits per heavy atom. The molecule has 9 heteroatoms. The van der Waals surface area contributed by atoms with Gasteiger partial charge < -0.3 is 20.6 Å². The van der Waals surface area contributed by atoms with Gasteiger partial charge in [-0.3, -0.25) is 4.79 Å². The molecule has 0 spiro atoms. The molecule has 144 valence electrons. The van der Waals surface area contributed by atoms with Crippen molar-refractivity contribution in [1.82, 2.24) is 5.32 Å². The maximum absolute atomic E-state index is 13.0. The molecule has 1 amide bonds. The average molecular weight is 396 g/mol. The molecule has 1 aliphatic carbocycles. The molecule has 0 heterocycles. The Kier molecular flexibility index (Phi) is 7.94. The SMILES string of the molecule is O=C(Nc1cc(F)cc(F)c1)c1cccc([P+](=O)[O-])c1.OCCNC1CC1. The summed E-state index contributed by atoms with van der Waals surface area (Å²) in [5.74, 6) is -2.30. The van der Waals surface area contributed by atoms with E-state index in [2.05, 4.69) is 10.6 Å². The predicted molar refractivity (Wildman–Crippen MR) is 96.1 cm³/mol. The number of hydrogen-bond acceptors (Lipinski definition) is 5. The Labute approximate surface area is 156 Å². The van der Waals surface area contributed by atoms with Crippen molar-refractivity contribution in [3.8, 4) is 0 Å². The van der Waals surface area contributed by atoms with E-state index in [-0.39, 0.29) is 23.2 Å². The van der Waals surface area contributed by atoms with Crippen LogP contribution in [0.15, 0.2) is 42.5 Å². The fourth-order valence-corrected chi connectivity index (χ4v) is 2.60. The van der Waals surface area contributed by atoms with Gasteiger partial charge in [-0.15, -0.1) is 0 Å². The van der Waals surface area contributed by atoms with Crippen LogP contribution in [0.1, 0.15) is 23.2 Å². The number of benzene rings is 2. The zero-order valence-electron chi connectivity index (χ0n) is 14.3. The van der Waals surface area contributed by atoms with Crippen molar-refractivity contribution in [1.29, 1.82) is 0 Å². The lowest BCUT2D eigenvalue weighted by Crippen LogP contribution is -2.19. The number of rotatable bonds is 6. The van der Waals surface area contributed by atoms with E-state index in [9.17, 15) is 23.0 Å². The third kappa shape index (κ3) is 7.48. The largest absolute Gasteiger partial charge is 0.591 e. The number of amides is 1. The van der Waals surface area contributed by atoms with Crippen LogP contribution in [0.2, 0.25) is 0 Å². The van der Waals surface area contributed by atoms with Gasteiger partial charge >= 0.3 is 8.03 Å². The molecule has 1 fully saturated rings. The molecular formula is C18H19F2N2O4P. The molecule has 0 radical (unpaired) electrons. The van der Waals surface area contributed by atoms with Gasteiger partial charge in [0, 0.05) is 36.0 Å². The van der Waals surface area contributed by atoms with Gasteiger partial charge in [-0.2, -0.15) is 0 Å². The molecule has 0 bridgehead atoms. The lowest BCUT2D eigenvalue weighted by molar-refractivity contribution is -0.160. The second kappa shape index (κ2) is 10.2. The minimum atomic E-state index is -2.81. The van der Waals surface area contributed by atoms with E-state index >= 15 is 0 Å². The molecule has 1 atom stereocenters. The molecule has 0 saturated heterocycles. The van der Waals surface area contributed by atoms with Gasteiger partial charge in [-0.1, -0.05) is 10.6 Å². The van der Waals surface area contributed by atoms with Gasteiger partial charge in [0.05, 0.1) is 6.61 Å². The van der Waals surface area contributed by atoms with Crippen molar-refractivity contribution in [3.05, 3.63) is 59.7 Å². The Bertz CT molecular complexity index is 795. The monoisotopic (exact) mass is 396 g/mol. The summed E-state index contributed by atoms with van der Waals surface area (Å²) in [5.41, 5.74) is 0.0239. The Morgan fingerprint density at radius 1 is 1.19 bits per heavy atom. The van der Waals surface area contributed by atoms with Gasteiger partial charge in [0.15, 0.2) is 5.30 Å².